The molecule has 0 N–H and O–H groups in total. The Balaban J connectivity index is 1.77. The van der Waals surface area contributed by atoms with Gasteiger partial charge in [0.2, 0.25) is 5.89 Å². The average molecular weight is 178 g/mol. The fourth-order valence-corrected chi connectivity index (χ4v) is 1.58. The lowest BCUT2D eigenvalue weighted by Crippen LogP contribution is -2.22. The summed E-state index contributed by atoms with van der Waals surface area (Å²) >= 11 is 0. The van der Waals surface area contributed by atoms with Crippen LogP contribution in [0, 0.1) is 0 Å². The van der Waals surface area contributed by atoms with Crippen molar-refractivity contribution in [3.63, 3.8) is 0 Å². The third kappa shape index (κ3) is 1.17. The first kappa shape index (κ1) is 7.24. The molecule has 0 saturated heterocycles. The monoisotopic (exact) mass is 178 g/mol. The molecule has 4 heteroatoms. The van der Waals surface area contributed by atoms with E-state index in [1.807, 2.05) is 0 Å². The summed E-state index contributed by atoms with van der Waals surface area (Å²) in [6.07, 6.45) is 3.55. The Bertz CT molecular complexity index is 346. The standard InChI is InChI=1S/C9H10N2O2/c12-7-3-6(4-7)8-10-9(13-11-8)5-1-2-5/h5-6H,1-4H2. The number of carbonyl (C=O) groups is 1. The number of hydrogen-bond donors (Lipinski definition) is 0. The molecule has 0 spiro atoms. The molecule has 68 valence electrons. The van der Waals surface area contributed by atoms with E-state index in [1.165, 1.54) is 12.8 Å². The van der Waals surface area contributed by atoms with Gasteiger partial charge in [-0.1, -0.05) is 5.16 Å². The van der Waals surface area contributed by atoms with Gasteiger partial charge in [0, 0.05) is 24.7 Å². The van der Waals surface area contributed by atoms with Crippen LogP contribution in [0.3, 0.4) is 0 Å². The smallest absolute Gasteiger partial charge is 0.229 e. The minimum Gasteiger partial charge on any atom is -0.339 e. The predicted molar refractivity (Wildman–Crippen MR) is 43.3 cm³/mol. The highest BCUT2D eigenvalue weighted by molar-refractivity contribution is 5.86. The fourth-order valence-electron chi connectivity index (χ4n) is 1.58. The molecule has 2 aliphatic rings. The molecule has 0 amide bonds. The third-order valence-corrected chi connectivity index (χ3v) is 2.70. The van der Waals surface area contributed by atoms with Gasteiger partial charge in [-0.25, -0.2) is 0 Å². The van der Waals surface area contributed by atoms with Gasteiger partial charge < -0.3 is 4.52 Å². The Kier molecular flexibility index (Phi) is 1.34. The molecule has 3 rings (SSSR count). The van der Waals surface area contributed by atoms with Crippen molar-refractivity contribution < 1.29 is 9.32 Å². The SMILES string of the molecule is O=C1CC(c2noc(C3CC3)n2)C1. The minimum atomic E-state index is 0.240. The highest BCUT2D eigenvalue weighted by Gasteiger charge is 2.35. The van der Waals surface area contributed by atoms with Crippen molar-refractivity contribution in [1.29, 1.82) is 0 Å². The summed E-state index contributed by atoms with van der Waals surface area (Å²) in [6, 6.07) is 0. The summed E-state index contributed by atoms with van der Waals surface area (Å²) < 4.78 is 5.11. The van der Waals surface area contributed by atoms with Crippen LogP contribution in [0.1, 0.15) is 49.2 Å². The molecule has 0 unspecified atom stereocenters. The zero-order chi connectivity index (χ0) is 8.84. The van der Waals surface area contributed by atoms with Crippen LogP contribution >= 0.6 is 0 Å². The van der Waals surface area contributed by atoms with Crippen molar-refractivity contribution in [2.75, 3.05) is 0 Å². The zero-order valence-electron chi connectivity index (χ0n) is 7.19. The van der Waals surface area contributed by atoms with Gasteiger partial charge in [0.05, 0.1) is 0 Å². The number of carbonyl (C=O) groups excluding carboxylic acids is 1. The van der Waals surface area contributed by atoms with Gasteiger partial charge in [-0.05, 0) is 12.8 Å². The second-order valence-corrected chi connectivity index (χ2v) is 3.91. The van der Waals surface area contributed by atoms with E-state index in [2.05, 4.69) is 10.1 Å². The number of hydrogen-bond acceptors (Lipinski definition) is 4. The largest absolute Gasteiger partial charge is 0.339 e. The maximum absolute atomic E-state index is 10.7. The molecule has 1 aromatic heterocycles. The maximum Gasteiger partial charge on any atom is 0.229 e. The number of ketones is 1. The lowest BCUT2D eigenvalue weighted by Gasteiger charge is -2.19. The van der Waals surface area contributed by atoms with Crippen LogP contribution in [0.25, 0.3) is 0 Å². The van der Waals surface area contributed by atoms with Crippen molar-refractivity contribution >= 4 is 5.78 Å². The summed E-state index contributed by atoms with van der Waals surface area (Å²) in [5, 5.41) is 3.90. The maximum atomic E-state index is 10.7. The van der Waals surface area contributed by atoms with E-state index in [4.69, 9.17) is 4.52 Å². The van der Waals surface area contributed by atoms with E-state index in [0.29, 0.717) is 24.5 Å². The predicted octanol–water partition coefficient (Wildman–Crippen LogP) is 1.39. The molecular weight excluding hydrogens is 168 g/mol. The first-order valence-electron chi connectivity index (χ1n) is 4.68. The summed E-state index contributed by atoms with van der Waals surface area (Å²) in [6.45, 7) is 0. The molecule has 13 heavy (non-hydrogen) atoms. The highest BCUT2D eigenvalue weighted by atomic mass is 16.5. The minimum absolute atomic E-state index is 0.240. The molecule has 0 aromatic carbocycles. The van der Waals surface area contributed by atoms with E-state index >= 15 is 0 Å². The second kappa shape index (κ2) is 2.40. The lowest BCUT2D eigenvalue weighted by molar-refractivity contribution is -0.124. The Labute approximate surface area is 75.3 Å². The first-order valence-corrected chi connectivity index (χ1v) is 4.68. The quantitative estimate of drug-likeness (QED) is 0.686. The van der Waals surface area contributed by atoms with Crippen LogP contribution in [0.4, 0.5) is 0 Å². The van der Waals surface area contributed by atoms with Gasteiger partial charge in [-0.3, -0.25) is 4.79 Å². The van der Waals surface area contributed by atoms with Crippen molar-refractivity contribution in [3.8, 4) is 0 Å². The number of aromatic nitrogens is 2. The summed E-state index contributed by atoms with van der Waals surface area (Å²) in [5.41, 5.74) is 0. The average Bonchev–Trinajstić information content (AvgIpc) is 2.80. The van der Waals surface area contributed by atoms with Crippen LogP contribution in [0.2, 0.25) is 0 Å². The molecule has 1 aromatic rings. The highest BCUT2D eigenvalue weighted by Crippen LogP contribution is 2.40. The Morgan fingerprint density at radius 3 is 2.62 bits per heavy atom. The molecule has 2 saturated carbocycles. The topological polar surface area (TPSA) is 56.0 Å². The van der Waals surface area contributed by atoms with Gasteiger partial charge in [-0.2, -0.15) is 4.98 Å². The first-order chi connectivity index (χ1) is 6.33. The molecule has 0 bridgehead atoms. The molecule has 0 aliphatic heterocycles. The lowest BCUT2D eigenvalue weighted by atomic mass is 9.83. The van der Waals surface area contributed by atoms with Gasteiger partial charge >= 0.3 is 0 Å². The van der Waals surface area contributed by atoms with Crippen molar-refractivity contribution in [3.05, 3.63) is 11.7 Å². The van der Waals surface area contributed by atoms with Crippen LogP contribution < -0.4 is 0 Å². The molecule has 0 atom stereocenters. The number of nitrogens with zero attached hydrogens (tertiary/aromatic N) is 2. The third-order valence-electron chi connectivity index (χ3n) is 2.70. The van der Waals surface area contributed by atoms with Gasteiger partial charge in [0.1, 0.15) is 5.78 Å². The molecular formula is C9H10N2O2. The summed E-state index contributed by atoms with van der Waals surface area (Å²) in [5.74, 6) is 2.57. The van der Waals surface area contributed by atoms with E-state index in [1.54, 1.807) is 0 Å². The molecule has 4 nitrogen and oxygen atoms in total. The Hall–Kier alpha value is -1.19. The van der Waals surface area contributed by atoms with Gasteiger partial charge in [0.15, 0.2) is 5.82 Å². The van der Waals surface area contributed by atoms with E-state index in [9.17, 15) is 4.79 Å². The Morgan fingerprint density at radius 2 is 2.00 bits per heavy atom. The fraction of sp³-hybridized carbons (Fsp3) is 0.667. The Morgan fingerprint density at radius 1 is 1.23 bits per heavy atom. The van der Waals surface area contributed by atoms with Crippen molar-refractivity contribution in [1.82, 2.24) is 10.1 Å². The van der Waals surface area contributed by atoms with E-state index in [0.717, 1.165) is 11.7 Å². The van der Waals surface area contributed by atoms with Gasteiger partial charge in [0.25, 0.3) is 0 Å². The zero-order valence-corrected chi connectivity index (χ0v) is 7.19. The van der Waals surface area contributed by atoms with Crippen LogP contribution in [0.15, 0.2) is 4.52 Å². The normalized spacial score (nSPS) is 23.2. The van der Waals surface area contributed by atoms with E-state index < -0.39 is 0 Å². The van der Waals surface area contributed by atoms with Crippen molar-refractivity contribution in [2.24, 2.45) is 0 Å². The number of Topliss-reactive ketones (excluding diaryl/α,β-unsaturated/α-hetero) is 1. The van der Waals surface area contributed by atoms with Gasteiger partial charge in [-0.15, -0.1) is 0 Å². The van der Waals surface area contributed by atoms with Crippen LogP contribution in [0.5, 0.6) is 0 Å². The summed E-state index contributed by atoms with van der Waals surface area (Å²) in [7, 11) is 0. The van der Waals surface area contributed by atoms with Crippen molar-refractivity contribution in [2.45, 2.75) is 37.5 Å². The molecule has 2 aliphatic carbocycles. The number of rotatable bonds is 2. The molecule has 0 radical (unpaired) electrons. The molecule has 2 fully saturated rings. The molecule has 1 heterocycles. The van der Waals surface area contributed by atoms with E-state index in [-0.39, 0.29) is 5.92 Å². The van der Waals surface area contributed by atoms with Crippen LogP contribution in [-0.4, -0.2) is 15.9 Å². The van der Waals surface area contributed by atoms with Crippen LogP contribution in [-0.2, 0) is 4.79 Å². The summed E-state index contributed by atoms with van der Waals surface area (Å²) in [4.78, 5) is 15.0. The second-order valence-electron chi connectivity index (χ2n) is 3.91.